The minimum atomic E-state index is -0.364. The van der Waals surface area contributed by atoms with Gasteiger partial charge in [0, 0.05) is 16.3 Å². The average molecular weight is 501 g/mol. The van der Waals surface area contributed by atoms with Gasteiger partial charge in [0.25, 0.3) is 0 Å². The largest absolute Gasteiger partial charge is 0.492 e. The number of amides is 1. The predicted octanol–water partition coefficient (Wildman–Crippen LogP) is 5.39. The van der Waals surface area contributed by atoms with Crippen LogP contribution in [-0.2, 0) is 22.4 Å². The van der Waals surface area contributed by atoms with Gasteiger partial charge in [-0.1, -0.05) is 23.2 Å². The van der Waals surface area contributed by atoms with Crippen LogP contribution in [0.5, 0.6) is 5.75 Å². The van der Waals surface area contributed by atoms with Gasteiger partial charge in [-0.3, -0.25) is 4.79 Å². The van der Waals surface area contributed by atoms with Crippen LogP contribution in [0.2, 0.25) is 10.0 Å². The molecule has 3 rings (SSSR count). The molecule has 2 N–H and O–H groups in total. The number of halogens is 2. The van der Waals surface area contributed by atoms with E-state index in [1.54, 1.807) is 25.1 Å². The number of rotatable bonds is 8. The number of carbonyl (C=O) groups excluding carboxylic acids is 2. The highest BCUT2D eigenvalue weighted by Gasteiger charge is 2.28. The van der Waals surface area contributed by atoms with Crippen molar-refractivity contribution in [3.63, 3.8) is 0 Å². The SMILES string of the molecule is CCOC(=O)c1c(NC(=S)NC(=O)CCCOc2ccc(Cl)cc2Cl)sc2c1CCC2. The molecule has 6 nitrogen and oxygen atoms in total. The Morgan fingerprint density at radius 1 is 1.26 bits per heavy atom. The molecule has 0 saturated carbocycles. The first-order valence-corrected chi connectivity index (χ1v) is 11.9. The summed E-state index contributed by atoms with van der Waals surface area (Å²) in [4.78, 5) is 25.8. The highest BCUT2D eigenvalue weighted by atomic mass is 35.5. The van der Waals surface area contributed by atoms with Crippen LogP contribution in [0.25, 0.3) is 0 Å². The molecule has 166 valence electrons. The van der Waals surface area contributed by atoms with Gasteiger partial charge in [-0.2, -0.15) is 0 Å². The fraction of sp³-hybridized carbons (Fsp3) is 0.381. The van der Waals surface area contributed by atoms with Crippen molar-refractivity contribution < 1.29 is 19.1 Å². The lowest BCUT2D eigenvalue weighted by Crippen LogP contribution is -2.34. The van der Waals surface area contributed by atoms with E-state index >= 15 is 0 Å². The molecule has 2 aromatic rings. The Morgan fingerprint density at radius 2 is 2.06 bits per heavy atom. The minimum absolute atomic E-state index is 0.150. The summed E-state index contributed by atoms with van der Waals surface area (Å²) in [6.07, 6.45) is 3.51. The third-order valence-electron chi connectivity index (χ3n) is 4.58. The molecule has 0 spiro atoms. The van der Waals surface area contributed by atoms with Gasteiger partial charge >= 0.3 is 5.97 Å². The van der Waals surface area contributed by atoms with Crippen molar-refractivity contribution in [1.82, 2.24) is 5.32 Å². The maximum absolute atomic E-state index is 12.4. The number of anilines is 1. The number of thiocarbonyl (C=S) groups is 1. The molecule has 0 radical (unpaired) electrons. The zero-order valence-electron chi connectivity index (χ0n) is 16.9. The Labute approximate surface area is 200 Å². The van der Waals surface area contributed by atoms with Crippen molar-refractivity contribution in [3.8, 4) is 5.75 Å². The first kappa shape index (κ1) is 23.8. The highest BCUT2D eigenvalue weighted by molar-refractivity contribution is 7.80. The quantitative estimate of drug-likeness (QED) is 0.287. The molecule has 10 heteroatoms. The number of hydrogen-bond donors (Lipinski definition) is 2. The summed E-state index contributed by atoms with van der Waals surface area (Å²) < 4.78 is 10.8. The van der Waals surface area contributed by atoms with Gasteiger partial charge in [-0.25, -0.2) is 4.79 Å². The van der Waals surface area contributed by atoms with E-state index in [2.05, 4.69) is 10.6 Å². The van der Waals surface area contributed by atoms with E-state index in [4.69, 9.17) is 44.9 Å². The van der Waals surface area contributed by atoms with E-state index in [1.165, 1.54) is 11.3 Å². The Kier molecular flexibility index (Phi) is 8.54. The molecule has 1 aromatic carbocycles. The smallest absolute Gasteiger partial charge is 0.341 e. The molecule has 1 amide bonds. The second kappa shape index (κ2) is 11.1. The summed E-state index contributed by atoms with van der Waals surface area (Å²) in [5.41, 5.74) is 1.56. The van der Waals surface area contributed by atoms with E-state index in [-0.39, 0.29) is 23.4 Å². The van der Waals surface area contributed by atoms with Crippen LogP contribution in [0.1, 0.15) is 47.0 Å². The number of carbonyl (C=O) groups is 2. The average Bonchev–Trinajstić information content (AvgIpc) is 3.27. The fourth-order valence-electron chi connectivity index (χ4n) is 3.24. The Balaban J connectivity index is 1.48. The van der Waals surface area contributed by atoms with Crippen LogP contribution in [0, 0.1) is 0 Å². The van der Waals surface area contributed by atoms with Crippen molar-refractivity contribution >= 4 is 68.7 Å². The summed E-state index contributed by atoms with van der Waals surface area (Å²) in [5.74, 6) is -0.0949. The van der Waals surface area contributed by atoms with Crippen molar-refractivity contribution in [1.29, 1.82) is 0 Å². The number of benzene rings is 1. The van der Waals surface area contributed by atoms with Crippen LogP contribution < -0.4 is 15.4 Å². The number of nitrogens with one attached hydrogen (secondary N) is 2. The second-order valence-electron chi connectivity index (χ2n) is 6.81. The first-order chi connectivity index (χ1) is 14.9. The molecule has 0 unspecified atom stereocenters. The summed E-state index contributed by atoms with van der Waals surface area (Å²) in [6, 6.07) is 4.97. The number of ether oxygens (including phenoxy) is 2. The molecule has 31 heavy (non-hydrogen) atoms. The van der Waals surface area contributed by atoms with Gasteiger partial charge in [-0.05, 0) is 68.6 Å². The standard InChI is InChI=1S/C21H22Cl2N2O4S2/c1-2-28-20(27)18-13-5-3-6-16(13)31-19(18)25-21(30)24-17(26)7-4-10-29-15-9-8-12(22)11-14(15)23/h8-9,11H,2-7,10H2,1H3,(H2,24,25,26,30). The summed E-state index contributed by atoms with van der Waals surface area (Å²) in [7, 11) is 0. The van der Waals surface area contributed by atoms with Gasteiger partial charge in [0.2, 0.25) is 5.91 Å². The molecule has 0 atom stereocenters. The third-order valence-corrected chi connectivity index (χ3v) is 6.52. The molecule has 1 aromatic heterocycles. The van der Waals surface area contributed by atoms with Gasteiger partial charge in [0.1, 0.15) is 10.8 Å². The monoisotopic (exact) mass is 500 g/mol. The zero-order valence-corrected chi connectivity index (χ0v) is 20.0. The van der Waals surface area contributed by atoms with Gasteiger partial charge in [-0.15, -0.1) is 11.3 Å². The Bertz CT molecular complexity index is 994. The molecule has 0 aliphatic heterocycles. The normalized spacial score (nSPS) is 12.2. The molecule has 1 aliphatic rings. The maximum Gasteiger partial charge on any atom is 0.341 e. The molecule has 0 bridgehead atoms. The van der Waals surface area contributed by atoms with Gasteiger partial charge in [0.05, 0.1) is 23.8 Å². The summed E-state index contributed by atoms with van der Waals surface area (Å²) in [5, 5.41) is 7.36. The molecular weight excluding hydrogens is 479 g/mol. The molecule has 0 saturated heterocycles. The lowest BCUT2D eigenvalue weighted by Gasteiger charge is -2.11. The Hall–Kier alpha value is -1.87. The van der Waals surface area contributed by atoms with E-state index in [0.717, 1.165) is 29.7 Å². The number of aryl methyl sites for hydroxylation is 1. The molecular formula is C21H22Cl2N2O4S2. The lowest BCUT2D eigenvalue weighted by atomic mass is 10.1. The van der Waals surface area contributed by atoms with Gasteiger partial charge in [0.15, 0.2) is 5.11 Å². The van der Waals surface area contributed by atoms with Crippen molar-refractivity contribution in [2.75, 3.05) is 18.5 Å². The van der Waals surface area contributed by atoms with E-state index in [9.17, 15) is 9.59 Å². The van der Waals surface area contributed by atoms with E-state index in [0.29, 0.717) is 46.0 Å². The van der Waals surface area contributed by atoms with Crippen LogP contribution >= 0.6 is 46.8 Å². The van der Waals surface area contributed by atoms with Crippen LogP contribution in [0.4, 0.5) is 5.00 Å². The molecule has 0 fully saturated rings. The number of thiophene rings is 1. The number of hydrogen-bond acceptors (Lipinski definition) is 6. The number of fused-ring (bicyclic) bond motifs is 1. The first-order valence-electron chi connectivity index (χ1n) is 9.89. The van der Waals surface area contributed by atoms with Crippen LogP contribution in [0.15, 0.2) is 18.2 Å². The maximum atomic E-state index is 12.4. The van der Waals surface area contributed by atoms with Gasteiger partial charge < -0.3 is 20.1 Å². The summed E-state index contributed by atoms with van der Waals surface area (Å²) >= 11 is 18.7. The van der Waals surface area contributed by atoms with Crippen molar-refractivity contribution in [3.05, 3.63) is 44.2 Å². The molecule has 1 heterocycles. The molecule has 1 aliphatic carbocycles. The van der Waals surface area contributed by atoms with Crippen molar-refractivity contribution in [2.24, 2.45) is 0 Å². The topological polar surface area (TPSA) is 76.7 Å². The Morgan fingerprint density at radius 3 is 2.81 bits per heavy atom. The summed E-state index contributed by atoms with van der Waals surface area (Å²) in [6.45, 7) is 2.39. The predicted molar refractivity (Wildman–Crippen MR) is 128 cm³/mol. The highest BCUT2D eigenvalue weighted by Crippen LogP contribution is 2.39. The third kappa shape index (κ3) is 6.32. The van der Waals surface area contributed by atoms with Crippen LogP contribution in [-0.4, -0.2) is 30.2 Å². The van der Waals surface area contributed by atoms with E-state index in [1.807, 2.05) is 0 Å². The minimum Gasteiger partial charge on any atom is -0.492 e. The zero-order chi connectivity index (χ0) is 22.4. The lowest BCUT2D eigenvalue weighted by molar-refractivity contribution is -0.119. The van der Waals surface area contributed by atoms with E-state index < -0.39 is 0 Å². The van der Waals surface area contributed by atoms with Crippen LogP contribution in [0.3, 0.4) is 0 Å². The fourth-order valence-corrected chi connectivity index (χ4v) is 5.27. The number of esters is 1. The second-order valence-corrected chi connectivity index (χ2v) is 9.17. The van der Waals surface area contributed by atoms with Crippen molar-refractivity contribution in [2.45, 2.75) is 39.0 Å².